The van der Waals surface area contributed by atoms with Gasteiger partial charge in [0.05, 0.1) is 0 Å². The van der Waals surface area contributed by atoms with Crippen LogP contribution in [-0.4, -0.2) is 35.8 Å². The summed E-state index contributed by atoms with van der Waals surface area (Å²) in [6, 6.07) is 8.79. The molecule has 0 aromatic heterocycles. The second kappa shape index (κ2) is 8.89. The first-order valence-corrected chi connectivity index (χ1v) is 7.86. The Kier molecular flexibility index (Phi) is 7.52. The van der Waals surface area contributed by atoms with E-state index in [9.17, 15) is 9.59 Å². The van der Waals surface area contributed by atoms with Gasteiger partial charge in [-0.2, -0.15) is 0 Å². The number of halogens is 1. The molecule has 2 rings (SSSR count). The quantitative estimate of drug-likeness (QED) is 0.860. The zero-order valence-corrected chi connectivity index (χ0v) is 14.5. The minimum absolute atomic E-state index is 0. The van der Waals surface area contributed by atoms with Gasteiger partial charge in [0, 0.05) is 25.6 Å². The molecule has 1 fully saturated rings. The van der Waals surface area contributed by atoms with Gasteiger partial charge in [0.1, 0.15) is 6.04 Å². The third-order valence-corrected chi connectivity index (χ3v) is 3.82. The fraction of sp³-hybridized carbons (Fsp3) is 0.529. The molecule has 1 aromatic rings. The molecule has 0 aliphatic carbocycles. The topological polar surface area (TPSA) is 75.4 Å². The maximum absolute atomic E-state index is 12.8. The fourth-order valence-corrected chi connectivity index (χ4v) is 2.69. The molecule has 1 saturated heterocycles. The lowest BCUT2D eigenvalue weighted by Crippen LogP contribution is -2.43. The minimum atomic E-state index is -0.627. The minimum Gasteiger partial charge on any atom is -0.341 e. The van der Waals surface area contributed by atoms with Crippen molar-refractivity contribution in [3.63, 3.8) is 0 Å². The highest BCUT2D eigenvalue weighted by molar-refractivity contribution is 5.89. The van der Waals surface area contributed by atoms with Gasteiger partial charge in [-0.25, -0.2) is 0 Å². The Morgan fingerprint density at radius 2 is 1.96 bits per heavy atom. The Morgan fingerprint density at radius 1 is 1.30 bits per heavy atom. The summed E-state index contributed by atoms with van der Waals surface area (Å²) in [4.78, 5) is 26.6. The number of hydrogen-bond donors (Lipinski definition) is 2. The first kappa shape index (κ1) is 19.5. The lowest BCUT2D eigenvalue weighted by molar-refractivity contribution is -0.136. The number of nitrogens with two attached hydrogens (primary N) is 1. The molecule has 2 atom stereocenters. The molecular weight excluding hydrogens is 314 g/mol. The van der Waals surface area contributed by atoms with Crippen molar-refractivity contribution >= 4 is 24.2 Å². The molecule has 1 aliphatic heterocycles. The number of amides is 2. The van der Waals surface area contributed by atoms with Gasteiger partial charge in [0.2, 0.25) is 11.8 Å². The second-order valence-corrected chi connectivity index (χ2v) is 6.34. The van der Waals surface area contributed by atoms with Gasteiger partial charge < -0.3 is 16.0 Å². The average molecular weight is 340 g/mol. The largest absolute Gasteiger partial charge is 0.341 e. The van der Waals surface area contributed by atoms with Gasteiger partial charge in [-0.3, -0.25) is 9.59 Å². The highest BCUT2D eigenvalue weighted by Gasteiger charge is 2.31. The maximum atomic E-state index is 12.8. The van der Waals surface area contributed by atoms with Crippen LogP contribution in [0, 0.1) is 5.92 Å². The number of hydrogen-bond acceptors (Lipinski definition) is 3. The summed E-state index contributed by atoms with van der Waals surface area (Å²) in [6.45, 7) is 5.18. The van der Waals surface area contributed by atoms with Crippen LogP contribution in [0.2, 0.25) is 0 Å². The smallest absolute Gasteiger partial charge is 0.249 e. The molecule has 1 aromatic carbocycles. The van der Waals surface area contributed by atoms with E-state index in [1.807, 2.05) is 44.2 Å². The lowest BCUT2D eigenvalue weighted by atomic mass is 10.0. The predicted octanol–water partition coefficient (Wildman–Crippen LogP) is 1.87. The lowest BCUT2D eigenvalue weighted by Gasteiger charge is -2.25. The van der Waals surface area contributed by atoms with E-state index in [2.05, 4.69) is 5.32 Å². The third-order valence-electron chi connectivity index (χ3n) is 3.82. The number of carbonyl (C=O) groups excluding carboxylic acids is 2. The van der Waals surface area contributed by atoms with Crippen molar-refractivity contribution in [2.24, 2.45) is 11.7 Å². The van der Waals surface area contributed by atoms with Crippen LogP contribution in [0.15, 0.2) is 30.3 Å². The van der Waals surface area contributed by atoms with Crippen LogP contribution in [0.5, 0.6) is 0 Å². The van der Waals surface area contributed by atoms with Crippen molar-refractivity contribution in [2.45, 2.75) is 38.8 Å². The summed E-state index contributed by atoms with van der Waals surface area (Å²) in [7, 11) is 0. The molecule has 1 heterocycles. The van der Waals surface area contributed by atoms with Crippen LogP contribution in [-0.2, 0) is 9.59 Å². The van der Waals surface area contributed by atoms with Gasteiger partial charge >= 0.3 is 0 Å². The van der Waals surface area contributed by atoms with Gasteiger partial charge in [-0.05, 0) is 17.9 Å². The summed E-state index contributed by atoms with van der Waals surface area (Å²) < 4.78 is 0. The summed E-state index contributed by atoms with van der Waals surface area (Å²) in [5.41, 5.74) is 6.70. The van der Waals surface area contributed by atoms with E-state index in [0.29, 0.717) is 19.5 Å². The van der Waals surface area contributed by atoms with Crippen LogP contribution in [0.25, 0.3) is 0 Å². The van der Waals surface area contributed by atoms with Crippen LogP contribution in [0.4, 0.5) is 0 Å². The first-order chi connectivity index (χ1) is 10.5. The van der Waals surface area contributed by atoms with Crippen LogP contribution < -0.4 is 11.1 Å². The zero-order valence-electron chi connectivity index (χ0n) is 13.7. The number of benzene rings is 1. The van der Waals surface area contributed by atoms with Gasteiger partial charge in [0.15, 0.2) is 0 Å². The van der Waals surface area contributed by atoms with Gasteiger partial charge in [-0.15, -0.1) is 12.4 Å². The normalized spacial score (nSPS) is 18.4. The Balaban J connectivity index is 0.00000264. The van der Waals surface area contributed by atoms with Crippen molar-refractivity contribution in [1.82, 2.24) is 10.2 Å². The Hall–Kier alpha value is -1.59. The molecule has 0 saturated carbocycles. The van der Waals surface area contributed by atoms with Crippen molar-refractivity contribution < 1.29 is 9.59 Å². The molecule has 0 spiro atoms. The SMILES string of the molecule is CC(C)CC(=O)NC(C(=O)N1CC[C@@H](N)C1)c1ccccc1.Cl. The summed E-state index contributed by atoms with van der Waals surface area (Å²) in [6.07, 6.45) is 1.23. The molecule has 1 unspecified atom stereocenters. The molecule has 2 amide bonds. The van der Waals surface area contributed by atoms with Crippen molar-refractivity contribution in [3.8, 4) is 0 Å². The van der Waals surface area contributed by atoms with E-state index >= 15 is 0 Å². The number of carbonyl (C=O) groups is 2. The van der Waals surface area contributed by atoms with Crippen LogP contribution in [0.3, 0.4) is 0 Å². The maximum Gasteiger partial charge on any atom is 0.249 e. The molecule has 23 heavy (non-hydrogen) atoms. The average Bonchev–Trinajstić information content (AvgIpc) is 2.91. The summed E-state index contributed by atoms with van der Waals surface area (Å²) in [5, 5.41) is 2.89. The molecule has 5 nitrogen and oxygen atoms in total. The fourth-order valence-electron chi connectivity index (χ4n) is 2.69. The standard InChI is InChI=1S/C17H25N3O2.ClH/c1-12(2)10-15(21)19-16(13-6-4-3-5-7-13)17(22)20-9-8-14(18)11-20;/h3-7,12,14,16H,8-11,18H2,1-2H3,(H,19,21);1H/t14-,16?;/m1./s1. The molecule has 6 heteroatoms. The molecule has 0 radical (unpaired) electrons. The first-order valence-electron chi connectivity index (χ1n) is 7.86. The van der Waals surface area contributed by atoms with Gasteiger partial charge in [-0.1, -0.05) is 44.2 Å². The Morgan fingerprint density at radius 3 is 2.48 bits per heavy atom. The number of likely N-dealkylation sites (tertiary alicyclic amines) is 1. The monoisotopic (exact) mass is 339 g/mol. The van der Waals surface area contributed by atoms with E-state index in [1.54, 1.807) is 4.90 Å². The Labute approximate surface area is 144 Å². The van der Waals surface area contributed by atoms with E-state index in [-0.39, 0.29) is 36.2 Å². The highest BCUT2D eigenvalue weighted by atomic mass is 35.5. The predicted molar refractivity (Wildman–Crippen MR) is 93.2 cm³/mol. The number of nitrogens with zero attached hydrogens (tertiary/aromatic N) is 1. The van der Waals surface area contributed by atoms with Crippen LogP contribution >= 0.6 is 12.4 Å². The summed E-state index contributed by atoms with van der Waals surface area (Å²) >= 11 is 0. The van der Waals surface area contributed by atoms with E-state index in [0.717, 1.165) is 12.0 Å². The second-order valence-electron chi connectivity index (χ2n) is 6.34. The molecule has 1 aliphatic rings. The highest BCUT2D eigenvalue weighted by Crippen LogP contribution is 2.19. The van der Waals surface area contributed by atoms with Gasteiger partial charge in [0.25, 0.3) is 0 Å². The Bertz CT molecular complexity index is 522. The molecular formula is C17H26ClN3O2. The van der Waals surface area contributed by atoms with E-state index < -0.39 is 6.04 Å². The number of rotatable bonds is 5. The molecule has 0 bridgehead atoms. The van der Waals surface area contributed by atoms with Crippen LogP contribution in [0.1, 0.15) is 38.3 Å². The van der Waals surface area contributed by atoms with Crippen molar-refractivity contribution in [3.05, 3.63) is 35.9 Å². The number of nitrogens with one attached hydrogen (secondary N) is 1. The van der Waals surface area contributed by atoms with E-state index in [4.69, 9.17) is 5.73 Å². The zero-order chi connectivity index (χ0) is 16.1. The van der Waals surface area contributed by atoms with Crippen molar-refractivity contribution in [1.29, 1.82) is 0 Å². The molecule has 128 valence electrons. The molecule has 3 N–H and O–H groups in total. The van der Waals surface area contributed by atoms with E-state index in [1.165, 1.54) is 0 Å². The van der Waals surface area contributed by atoms with Crippen molar-refractivity contribution in [2.75, 3.05) is 13.1 Å². The third kappa shape index (κ3) is 5.52. The summed E-state index contributed by atoms with van der Waals surface area (Å²) in [5.74, 6) is 0.0867.